The number of nitrogen functional groups attached to an aromatic ring is 1. The Morgan fingerprint density at radius 3 is 2.93 bits per heavy atom. The normalized spacial score (nSPS) is 10.0. The molecule has 0 aliphatic heterocycles. The topological polar surface area (TPSA) is 84.7 Å². The summed E-state index contributed by atoms with van der Waals surface area (Å²) in [5, 5.41) is 0. The highest BCUT2D eigenvalue weighted by molar-refractivity contribution is 6.09. The summed E-state index contributed by atoms with van der Waals surface area (Å²) in [5.41, 5.74) is 6.39. The number of rotatable bonds is 2. The van der Waals surface area contributed by atoms with Crippen LogP contribution in [0.4, 0.5) is 5.69 Å². The molecule has 0 fully saturated rings. The Hall–Kier alpha value is -2.17. The lowest BCUT2D eigenvalue weighted by Gasteiger charge is -2.00. The van der Waals surface area contributed by atoms with Crippen molar-refractivity contribution in [2.45, 2.75) is 0 Å². The number of carbonyl (C=O) groups excluding carboxylic acids is 1. The van der Waals surface area contributed by atoms with Crippen molar-refractivity contribution in [3.8, 4) is 0 Å². The van der Waals surface area contributed by atoms with Crippen molar-refractivity contribution in [1.29, 1.82) is 0 Å². The lowest BCUT2D eigenvalue weighted by molar-refractivity contribution is 0.103. The second-order valence-electron chi connectivity index (χ2n) is 2.73. The maximum Gasteiger partial charge on any atom is 0.231 e. The van der Waals surface area contributed by atoms with Gasteiger partial charge in [0.25, 0.3) is 0 Å². The zero-order chi connectivity index (χ0) is 9.97. The van der Waals surface area contributed by atoms with E-state index in [-0.39, 0.29) is 11.6 Å². The summed E-state index contributed by atoms with van der Waals surface area (Å²) >= 11 is 0. The molecule has 2 heterocycles. The van der Waals surface area contributed by atoms with Crippen molar-refractivity contribution in [2.75, 3.05) is 5.73 Å². The zero-order valence-electron chi connectivity index (χ0n) is 7.27. The van der Waals surface area contributed by atoms with Gasteiger partial charge in [-0.1, -0.05) is 0 Å². The van der Waals surface area contributed by atoms with E-state index >= 15 is 0 Å². The number of aromatic amines is 1. The largest absolute Gasteiger partial charge is 0.398 e. The van der Waals surface area contributed by atoms with E-state index in [1.807, 2.05) is 0 Å². The molecule has 5 nitrogen and oxygen atoms in total. The van der Waals surface area contributed by atoms with Crippen LogP contribution in [0.5, 0.6) is 0 Å². The van der Waals surface area contributed by atoms with Crippen LogP contribution in [0.1, 0.15) is 16.2 Å². The van der Waals surface area contributed by atoms with Crippen molar-refractivity contribution in [3.63, 3.8) is 0 Å². The van der Waals surface area contributed by atoms with Crippen LogP contribution >= 0.6 is 0 Å². The number of nitrogens with zero attached hydrogens (tertiary/aromatic N) is 2. The number of hydrogen-bond donors (Lipinski definition) is 2. The van der Waals surface area contributed by atoms with E-state index in [9.17, 15) is 4.79 Å². The summed E-state index contributed by atoms with van der Waals surface area (Å²) in [5.74, 6) is 0.0188. The van der Waals surface area contributed by atoms with Crippen LogP contribution in [-0.4, -0.2) is 20.7 Å². The van der Waals surface area contributed by atoms with Gasteiger partial charge in [-0.15, -0.1) is 0 Å². The first-order chi connectivity index (χ1) is 6.79. The maximum absolute atomic E-state index is 11.7. The van der Waals surface area contributed by atoms with Crippen LogP contribution < -0.4 is 5.73 Å². The molecule has 0 aliphatic carbocycles. The van der Waals surface area contributed by atoms with Crippen molar-refractivity contribution in [2.24, 2.45) is 0 Å². The number of imidazole rings is 1. The lowest BCUT2D eigenvalue weighted by atomic mass is 10.1. The van der Waals surface area contributed by atoms with Gasteiger partial charge in [0.05, 0.1) is 5.56 Å². The summed E-state index contributed by atoms with van der Waals surface area (Å²) in [6, 6.07) is 1.58. The Morgan fingerprint density at radius 1 is 1.43 bits per heavy atom. The smallest absolute Gasteiger partial charge is 0.231 e. The second kappa shape index (κ2) is 3.29. The van der Waals surface area contributed by atoms with Gasteiger partial charge in [0.2, 0.25) is 5.78 Å². The number of hydrogen-bond acceptors (Lipinski definition) is 4. The number of anilines is 1. The van der Waals surface area contributed by atoms with Gasteiger partial charge in [-0.25, -0.2) is 4.98 Å². The summed E-state index contributed by atoms with van der Waals surface area (Å²) < 4.78 is 0. The third kappa shape index (κ3) is 1.35. The molecule has 0 saturated carbocycles. The average Bonchev–Trinajstić information content (AvgIpc) is 2.70. The predicted octanol–water partition coefficient (Wildman–Crippen LogP) is 0.618. The number of carbonyl (C=O) groups is 1. The van der Waals surface area contributed by atoms with Gasteiger partial charge in [0.15, 0.2) is 5.82 Å². The number of nitrogens with two attached hydrogens (primary N) is 1. The molecule has 14 heavy (non-hydrogen) atoms. The van der Waals surface area contributed by atoms with Crippen molar-refractivity contribution in [3.05, 3.63) is 42.2 Å². The third-order valence-corrected chi connectivity index (χ3v) is 1.81. The Morgan fingerprint density at radius 2 is 2.29 bits per heavy atom. The molecule has 0 atom stereocenters. The van der Waals surface area contributed by atoms with Crippen LogP contribution in [-0.2, 0) is 0 Å². The molecule has 2 rings (SSSR count). The fraction of sp³-hybridized carbons (Fsp3) is 0. The molecule has 2 aromatic rings. The van der Waals surface area contributed by atoms with E-state index in [1.54, 1.807) is 12.3 Å². The number of pyridine rings is 1. The van der Waals surface area contributed by atoms with Gasteiger partial charge in [-0.05, 0) is 6.07 Å². The molecule has 2 aromatic heterocycles. The lowest BCUT2D eigenvalue weighted by Crippen LogP contribution is -2.07. The molecule has 0 aromatic carbocycles. The number of H-pyrrole nitrogens is 1. The Kier molecular flexibility index (Phi) is 1.98. The quantitative estimate of drug-likeness (QED) is 0.676. The van der Waals surface area contributed by atoms with E-state index in [4.69, 9.17) is 5.73 Å². The Bertz CT molecular complexity index is 450. The minimum Gasteiger partial charge on any atom is -0.398 e. The first-order valence-corrected chi connectivity index (χ1v) is 4.02. The molecule has 0 unspecified atom stereocenters. The van der Waals surface area contributed by atoms with Crippen molar-refractivity contribution < 1.29 is 4.79 Å². The van der Waals surface area contributed by atoms with Crippen molar-refractivity contribution >= 4 is 11.5 Å². The standard InChI is InChI=1S/C9H8N4O/c10-7-1-2-11-5-6(7)8(14)9-12-3-4-13-9/h1-5H,(H2,10,11)(H,12,13). The molecule has 0 aliphatic rings. The summed E-state index contributed by atoms with van der Waals surface area (Å²) in [7, 11) is 0. The molecule has 0 radical (unpaired) electrons. The van der Waals surface area contributed by atoms with Gasteiger partial charge in [0.1, 0.15) is 0 Å². The van der Waals surface area contributed by atoms with Gasteiger partial charge < -0.3 is 10.7 Å². The molecule has 0 amide bonds. The third-order valence-electron chi connectivity index (χ3n) is 1.81. The minimum atomic E-state index is -0.249. The number of aromatic nitrogens is 3. The highest BCUT2D eigenvalue weighted by atomic mass is 16.1. The summed E-state index contributed by atoms with van der Waals surface area (Å²) in [4.78, 5) is 22.1. The van der Waals surface area contributed by atoms with E-state index in [0.717, 1.165) is 0 Å². The fourth-order valence-corrected chi connectivity index (χ4v) is 1.11. The Balaban J connectivity index is 2.42. The number of nitrogens with one attached hydrogen (secondary N) is 1. The molecule has 3 N–H and O–H groups in total. The molecule has 5 heteroatoms. The number of ketones is 1. The molecule has 70 valence electrons. The van der Waals surface area contributed by atoms with Crippen LogP contribution in [0.2, 0.25) is 0 Å². The van der Waals surface area contributed by atoms with Gasteiger partial charge >= 0.3 is 0 Å². The van der Waals surface area contributed by atoms with Gasteiger partial charge in [-0.2, -0.15) is 0 Å². The first-order valence-electron chi connectivity index (χ1n) is 4.02. The monoisotopic (exact) mass is 188 g/mol. The molecular formula is C9H8N4O. The maximum atomic E-state index is 11.7. The van der Waals surface area contributed by atoms with E-state index in [1.165, 1.54) is 18.6 Å². The van der Waals surface area contributed by atoms with Crippen LogP contribution in [0.15, 0.2) is 30.9 Å². The van der Waals surface area contributed by atoms with Gasteiger partial charge in [0, 0.05) is 30.5 Å². The summed E-state index contributed by atoms with van der Waals surface area (Å²) in [6.45, 7) is 0. The zero-order valence-corrected chi connectivity index (χ0v) is 7.27. The van der Waals surface area contributed by atoms with Gasteiger partial charge in [-0.3, -0.25) is 9.78 Å². The van der Waals surface area contributed by atoms with Crippen LogP contribution in [0.25, 0.3) is 0 Å². The first kappa shape index (κ1) is 8.43. The Labute approximate surface area is 80.0 Å². The second-order valence-corrected chi connectivity index (χ2v) is 2.73. The molecular weight excluding hydrogens is 180 g/mol. The fourth-order valence-electron chi connectivity index (χ4n) is 1.11. The predicted molar refractivity (Wildman–Crippen MR) is 50.7 cm³/mol. The van der Waals surface area contributed by atoms with E-state index in [2.05, 4.69) is 15.0 Å². The van der Waals surface area contributed by atoms with Crippen LogP contribution in [0.3, 0.4) is 0 Å². The highest BCUT2D eigenvalue weighted by Gasteiger charge is 2.13. The average molecular weight is 188 g/mol. The SMILES string of the molecule is Nc1ccncc1C(=O)c1ncc[nH]1. The molecule has 0 saturated heterocycles. The van der Waals surface area contributed by atoms with E-state index < -0.39 is 0 Å². The van der Waals surface area contributed by atoms with Crippen LogP contribution in [0, 0.1) is 0 Å². The highest BCUT2D eigenvalue weighted by Crippen LogP contribution is 2.12. The van der Waals surface area contributed by atoms with Crippen molar-refractivity contribution in [1.82, 2.24) is 15.0 Å². The molecule has 0 spiro atoms. The van der Waals surface area contributed by atoms with E-state index in [0.29, 0.717) is 11.3 Å². The molecule has 0 bridgehead atoms. The minimum absolute atomic E-state index is 0.249. The summed E-state index contributed by atoms with van der Waals surface area (Å²) in [6.07, 6.45) is 6.06.